The summed E-state index contributed by atoms with van der Waals surface area (Å²) in [4.78, 5) is 28.5. The molecule has 3 aromatic carbocycles. The number of aliphatic hydroxyl groups excluding tert-OH is 1. The van der Waals surface area contributed by atoms with E-state index in [0.29, 0.717) is 51.9 Å². The summed E-state index contributed by atoms with van der Waals surface area (Å²) in [5.74, 6) is 0.387. The highest BCUT2D eigenvalue weighted by Crippen LogP contribution is 2.45. The lowest BCUT2D eigenvalue weighted by atomic mass is 9.95. The maximum atomic E-state index is 13.6. The maximum absolute atomic E-state index is 13.6. The van der Waals surface area contributed by atoms with Crippen LogP contribution in [0.2, 0.25) is 0 Å². The predicted molar refractivity (Wildman–Crippen MR) is 170 cm³/mol. The average Bonchev–Trinajstić information content (AvgIpc) is 3.59. The summed E-state index contributed by atoms with van der Waals surface area (Å²) in [5.41, 5.74) is 2.11. The van der Waals surface area contributed by atoms with Crippen LogP contribution in [0, 0.1) is 5.92 Å². The van der Waals surface area contributed by atoms with Gasteiger partial charge in [0.2, 0.25) is 5.13 Å². The Balaban J connectivity index is 1.55. The van der Waals surface area contributed by atoms with E-state index in [1.165, 1.54) is 28.0 Å². The summed E-state index contributed by atoms with van der Waals surface area (Å²) in [6, 6.07) is 23.1. The lowest BCUT2D eigenvalue weighted by Crippen LogP contribution is -2.29. The van der Waals surface area contributed by atoms with Crippen LogP contribution in [0.15, 0.2) is 88.8 Å². The molecule has 1 N–H and O–H groups in total. The Morgan fingerprint density at radius 1 is 0.977 bits per heavy atom. The van der Waals surface area contributed by atoms with Crippen molar-refractivity contribution in [2.75, 3.05) is 18.1 Å². The fourth-order valence-electron chi connectivity index (χ4n) is 4.66. The molecule has 2 heterocycles. The molecular formula is C33H33N3O5S2. The maximum Gasteiger partial charge on any atom is 0.301 e. The molecule has 1 saturated heterocycles. The molecule has 4 aromatic rings. The third-order valence-corrected chi connectivity index (χ3v) is 8.96. The van der Waals surface area contributed by atoms with Crippen molar-refractivity contribution in [1.29, 1.82) is 0 Å². The number of carbonyl (C=O) groups is 2. The lowest BCUT2D eigenvalue weighted by Gasteiger charge is -2.23. The number of thioether (sulfide) groups is 1. The van der Waals surface area contributed by atoms with E-state index < -0.39 is 17.7 Å². The van der Waals surface area contributed by atoms with Crippen LogP contribution in [0.4, 0.5) is 5.13 Å². The molecule has 1 amide bonds. The van der Waals surface area contributed by atoms with Gasteiger partial charge in [0, 0.05) is 11.3 Å². The van der Waals surface area contributed by atoms with Gasteiger partial charge in [-0.15, -0.1) is 10.2 Å². The Morgan fingerprint density at radius 3 is 2.40 bits per heavy atom. The smallest absolute Gasteiger partial charge is 0.301 e. The van der Waals surface area contributed by atoms with Gasteiger partial charge in [-0.05, 0) is 42.5 Å². The number of ether oxygens (including phenoxy) is 2. The van der Waals surface area contributed by atoms with Gasteiger partial charge in [-0.1, -0.05) is 104 Å². The second kappa shape index (κ2) is 13.9. The molecule has 0 saturated carbocycles. The van der Waals surface area contributed by atoms with E-state index in [4.69, 9.17) is 9.47 Å². The summed E-state index contributed by atoms with van der Waals surface area (Å²) in [7, 11) is 0. The molecule has 10 heteroatoms. The highest BCUT2D eigenvalue weighted by atomic mass is 32.2. The van der Waals surface area contributed by atoms with Crippen LogP contribution < -0.4 is 14.4 Å². The van der Waals surface area contributed by atoms with E-state index in [0.717, 1.165) is 12.0 Å². The first-order valence-electron chi connectivity index (χ1n) is 14.1. The number of anilines is 1. The number of hydrogen-bond donors (Lipinski definition) is 1. The second-order valence-electron chi connectivity index (χ2n) is 10.3. The minimum atomic E-state index is -0.955. The monoisotopic (exact) mass is 615 g/mol. The number of benzene rings is 3. The quantitative estimate of drug-likeness (QED) is 0.0583. The van der Waals surface area contributed by atoms with Crippen molar-refractivity contribution in [3.05, 3.63) is 101 Å². The van der Waals surface area contributed by atoms with E-state index in [9.17, 15) is 14.7 Å². The van der Waals surface area contributed by atoms with Crippen LogP contribution in [0.25, 0.3) is 5.76 Å². The normalized spacial score (nSPS) is 16.2. The van der Waals surface area contributed by atoms with E-state index in [-0.39, 0.29) is 16.5 Å². The number of hydrogen-bond acceptors (Lipinski definition) is 9. The number of amides is 1. The number of carbonyl (C=O) groups excluding carboxylic acids is 2. The Hall–Kier alpha value is -4.15. The van der Waals surface area contributed by atoms with Gasteiger partial charge in [0.1, 0.15) is 5.76 Å². The minimum Gasteiger partial charge on any atom is -0.507 e. The van der Waals surface area contributed by atoms with Crippen molar-refractivity contribution >= 4 is 45.7 Å². The van der Waals surface area contributed by atoms with Crippen LogP contribution in [0.3, 0.4) is 0 Å². The molecule has 1 aliphatic rings. The van der Waals surface area contributed by atoms with Gasteiger partial charge in [0.05, 0.1) is 24.8 Å². The molecule has 8 nitrogen and oxygen atoms in total. The van der Waals surface area contributed by atoms with Crippen molar-refractivity contribution in [3.8, 4) is 11.5 Å². The number of ketones is 1. The van der Waals surface area contributed by atoms with Gasteiger partial charge in [-0.25, -0.2) is 0 Å². The van der Waals surface area contributed by atoms with E-state index in [1.54, 1.807) is 42.5 Å². The Bertz CT molecular complexity index is 1610. The molecule has 43 heavy (non-hydrogen) atoms. The SMILES string of the molecule is CCOc1cc(C2C(=C(O)c3ccccc3)C(=O)C(=O)N2c2nnc(SCc3ccccc3)s2)ccc1OCCC(C)C. The predicted octanol–water partition coefficient (Wildman–Crippen LogP) is 7.28. The van der Waals surface area contributed by atoms with Crippen molar-refractivity contribution in [2.24, 2.45) is 5.92 Å². The Labute approximate surface area is 259 Å². The summed E-state index contributed by atoms with van der Waals surface area (Å²) in [5, 5.41) is 20.3. The second-order valence-corrected chi connectivity index (χ2v) is 12.5. The van der Waals surface area contributed by atoms with Gasteiger partial charge in [-0.3, -0.25) is 14.5 Å². The molecule has 0 bridgehead atoms. The van der Waals surface area contributed by atoms with Gasteiger partial charge in [0.25, 0.3) is 5.78 Å². The Morgan fingerprint density at radius 2 is 1.70 bits per heavy atom. The molecular weight excluding hydrogens is 583 g/mol. The molecule has 1 unspecified atom stereocenters. The number of Topliss-reactive ketones (excluding diaryl/α,β-unsaturated/α-hetero) is 1. The topological polar surface area (TPSA) is 102 Å². The Kier molecular flexibility index (Phi) is 9.79. The summed E-state index contributed by atoms with van der Waals surface area (Å²) < 4.78 is 12.6. The zero-order chi connectivity index (χ0) is 30.3. The molecule has 0 radical (unpaired) electrons. The summed E-state index contributed by atoms with van der Waals surface area (Å²) in [6.45, 7) is 7.06. The van der Waals surface area contributed by atoms with E-state index in [1.807, 2.05) is 43.3 Å². The summed E-state index contributed by atoms with van der Waals surface area (Å²) >= 11 is 2.73. The first-order chi connectivity index (χ1) is 20.9. The molecule has 222 valence electrons. The van der Waals surface area contributed by atoms with Crippen LogP contribution in [-0.2, 0) is 15.3 Å². The van der Waals surface area contributed by atoms with Crippen molar-refractivity contribution in [2.45, 2.75) is 43.3 Å². The zero-order valence-electron chi connectivity index (χ0n) is 24.2. The van der Waals surface area contributed by atoms with Gasteiger partial charge in [0.15, 0.2) is 15.8 Å². The highest BCUT2D eigenvalue weighted by Gasteiger charge is 2.48. The van der Waals surface area contributed by atoms with Crippen molar-refractivity contribution < 1.29 is 24.2 Å². The van der Waals surface area contributed by atoms with Crippen molar-refractivity contribution in [1.82, 2.24) is 10.2 Å². The van der Waals surface area contributed by atoms with Crippen LogP contribution in [0.1, 0.15) is 49.9 Å². The van der Waals surface area contributed by atoms with Crippen LogP contribution >= 0.6 is 23.1 Å². The summed E-state index contributed by atoms with van der Waals surface area (Å²) in [6.07, 6.45) is 0.881. The molecule has 0 spiro atoms. The van der Waals surface area contributed by atoms with Gasteiger partial charge in [-0.2, -0.15) is 0 Å². The van der Waals surface area contributed by atoms with Gasteiger partial charge < -0.3 is 14.6 Å². The lowest BCUT2D eigenvalue weighted by molar-refractivity contribution is -0.132. The standard InChI is InChI=1S/C33H33N3O5S2/c1-4-40-26-19-24(15-16-25(26)41-18-17-21(2)3)28-27(29(37)23-13-9-6-10-14-23)30(38)31(39)36(28)32-34-35-33(43-32)42-20-22-11-7-5-8-12-22/h5-16,19,21,28,37H,4,17-18,20H2,1-3H3. The number of aromatic nitrogens is 2. The van der Waals surface area contributed by atoms with E-state index >= 15 is 0 Å². The molecule has 1 aromatic heterocycles. The third-order valence-electron chi connectivity index (χ3n) is 6.83. The molecule has 1 aliphatic heterocycles. The number of rotatable bonds is 12. The van der Waals surface area contributed by atoms with Crippen LogP contribution in [-0.4, -0.2) is 40.2 Å². The highest BCUT2D eigenvalue weighted by molar-refractivity contribution is 8.00. The minimum absolute atomic E-state index is 0.0270. The first-order valence-corrected chi connectivity index (χ1v) is 15.9. The largest absolute Gasteiger partial charge is 0.507 e. The molecule has 1 fully saturated rings. The molecule has 5 rings (SSSR count). The van der Waals surface area contributed by atoms with E-state index in [2.05, 4.69) is 24.0 Å². The fraction of sp³-hybridized carbons (Fsp3) is 0.273. The fourth-order valence-corrected chi connectivity index (χ4v) is 6.48. The first kappa shape index (κ1) is 30.3. The van der Waals surface area contributed by atoms with Gasteiger partial charge >= 0.3 is 5.91 Å². The zero-order valence-corrected chi connectivity index (χ0v) is 25.9. The number of aliphatic hydroxyl groups is 1. The molecule has 0 aliphatic carbocycles. The van der Waals surface area contributed by atoms with Crippen LogP contribution in [0.5, 0.6) is 11.5 Å². The molecule has 1 atom stereocenters. The number of nitrogens with zero attached hydrogens (tertiary/aromatic N) is 3. The third kappa shape index (κ3) is 6.92. The average molecular weight is 616 g/mol. The van der Waals surface area contributed by atoms with Crippen molar-refractivity contribution in [3.63, 3.8) is 0 Å².